The molecule has 1 unspecified atom stereocenters. The van der Waals surface area contributed by atoms with Gasteiger partial charge in [-0.05, 0) is 6.92 Å². The number of anilines is 1. The van der Waals surface area contributed by atoms with Crippen molar-refractivity contribution >= 4 is 34.2 Å². The zero-order valence-corrected chi connectivity index (χ0v) is 10.2. The third-order valence-electron chi connectivity index (χ3n) is 1.57. The molecule has 84 valence electrons. The maximum absolute atomic E-state index is 11.3. The lowest BCUT2D eigenvalue weighted by Gasteiger charge is -2.07. The van der Waals surface area contributed by atoms with Gasteiger partial charge in [0.15, 0.2) is 4.34 Å². The molecule has 2 N–H and O–H groups in total. The van der Waals surface area contributed by atoms with Gasteiger partial charge in [0, 0.05) is 5.75 Å². The van der Waals surface area contributed by atoms with Crippen molar-refractivity contribution in [3.05, 3.63) is 0 Å². The van der Waals surface area contributed by atoms with E-state index in [-0.39, 0.29) is 11.9 Å². The van der Waals surface area contributed by atoms with Gasteiger partial charge >= 0.3 is 5.97 Å². The van der Waals surface area contributed by atoms with Crippen LogP contribution in [-0.2, 0) is 9.53 Å². The minimum atomic E-state index is -0.178. The predicted molar refractivity (Wildman–Crippen MR) is 60.8 cm³/mol. The van der Waals surface area contributed by atoms with Crippen molar-refractivity contribution in [2.24, 2.45) is 5.92 Å². The van der Waals surface area contributed by atoms with Gasteiger partial charge in [-0.25, -0.2) is 0 Å². The number of hydrogen-bond acceptors (Lipinski definition) is 7. The molecule has 15 heavy (non-hydrogen) atoms. The molecule has 0 saturated carbocycles. The van der Waals surface area contributed by atoms with Crippen LogP contribution in [0.5, 0.6) is 0 Å². The highest BCUT2D eigenvalue weighted by molar-refractivity contribution is 8.01. The second kappa shape index (κ2) is 5.92. The maximum Gasteiger partial charge on any atom is 0.309 e. The number of rotatable bonds is 5. The van der Waals surface area contributed by atoms with Gasteiger partial charge in [-0.15, -0.1) is 10.2 Å². The largest absolute Gasteiger partial charge is 0.466 e. The molecule has 1 aromatic heterocycles. The summed E-state index contributed by atoms with van der Waals surface area (Å²) < 4.78 is 5.67. The number of ether oxygens (including phenoxy) is 1. The minimum Gasteiger partial charge on any atom is -0.466 e. The molecule has 7 heteroatoms. The molecule has 1 rings (SSSR count). The molecule has 0 aliphatic rings. The molecular formula is C8H13N3O2S2. The average Bonchev–Trinajstić information content (AvgIpc) is 2.61. The second-order valence-corrected chi connectivity index (χ2v) is 5.15. The van der Waals surface area contributed by atoms with Gasteiger partial charge in [0.05, 0.1) is 12.5 Å². The number of nitrogens with zero attached hydrogens (tertiary/aromatic N) is 2. The van der Waals surface area contributed by atoms with Crippen LogP contribution in [0.1, 0.15) is 13.8 Å². The van der Waals surface area contributed by atoms with Crippen LogP contribution in [0.25, 0.3) is 0 Å². The molecule has 0 fully saturated rings. The third-order valence-corrected chi connectivity index (χ3v) is 3.71. The molecule has 1 heterocycles. The Bertz CT molecular complexity index is 329. The van der Waals surface area contributed by atoms with E-state index in [9.17, 15) is 4.79 Å². The standard InChI is InChI=1S/C8H13N3O2S2/c1-3-13-6(12)5(2)4-14-8-11-10-7(9)15-8/h5H,3-4H2,1-2H3,(H2,9,10). The normalized spacial score (nSPS) is 12.4. The van der Waals surface area contributed by atoms with Crippen molar-refractivity contribution in [3.8, 4) is 0 Å². The van der Waals surface area contributed by atoms with E-state index < -0.39 is 0 Å². The number of nitrogen functional groups attached to an aromatic ring is 1. The molecule has 0 amide bonds. The van der Waals surface area contributed by atoms with E-state index in [2.05, 4.69) is 10.2 Å². The van der Waals surface area contributed by atoms with Crippen LogP contribution >= 0.6 is 23.1 Å². The molecule has 1 atom stereocenters. The topological polar surface area (TPSA) is 78.1 Å². The highest BCUT2D eigenvalue weighted by atomic mass is 32.2. The summed E-state index contributed by atoms with van der Waals surface area (Å²) in [6.07, 6.45) is 0. The molecule has 5 nitrogen and oxygen atoms in total. The summed E-state index contributed by atoms with van der Waals surface area (Å²) in [5.41, 5.74) is 5.43. The van der Waals surface area contributed by atoms with Crippen molar-refractivity contribution in [1.29, 1.82) is 0 Å². The Labute approximate surface area is 96.4 Å². The summed E-state index contributed by atoms with van der Waals surface area (Å²) in [5, 5.41) is 7.98. The summed E-state index contributed by atoms with van der Waals surface area (Å²) in [7, 11) is 0. The van der Waals surface area contributed by atoms with E-state index in [1.165, 1.54) is 23.1 Å². The molecule has 0 bridgehead atoms. The average molecular weight is 247 g/mol. The van der Waals surface area contributed by atoms with Crippen LogP contribution in [0.3, 0.4) is 0 Å². The van der Waals surface area contributed by atoms with E-state index in [4.69, 9.17) is 10.5 Å². The van der Waals surface area contributed by atoms with Gasteiger partial charge < -0.3 is 10.5 Å². The van der Waals surface area contributed by atoms with Crippen LogP contribution in [0.4, 0.5) is 5.13 Å². The number of hydrogen-bond donors (Lipinski definition) is 1. The van der Waals surface area contributed by atoms with Gasteiger partial charge in [0.2, 0.25) is 5.13 Å². The SMILES string of the molecule is CCOC(=O)C(C)CSc1nnc(N)s1. The van der Waals surface area contributed by atoms with E-state index in [0.29, 0.717) is 17.5 Å². The molecule has 0 aliphatic heterocycles. The van der Waals surface area contributed by atoms with Crippen LogP contribution in [-0.4, -0.2) is 28.5 Å². The number of thioether (sulfide) groups is 1. The molecule has 0 saturated heterocycles. The maximum atomic E-state index is 11.3. The lowest BCUT2D eigenvalue weighted by Crippen LogP contribution is -2.16. The van der Waals surface area contributed by atoms with Crippen molar-refractivity contribution < 1.29 is 9.53 Å². The van der Waals surface area contributed by atoms with Gasteiger partial charge in [-0.3, -0.25) is 4.79 Å². The summed E-state index contributed by atoms with van der Waals surface area (Å²) in [6.45, 7) is 4.04. The Morgan fingerprint density at radius 2 is 2.40 bits per heavy atom. The Hall–Kier alpha value is -0.820. The lowest BCUT2D eigenvalue weighted by molar-refractivity contribution is -0.146. The van der Waals surface area contributed by atoms with Gasteiger partial charge in [-0.2, -0.15) is 0 Å². The van der Waals surface area contributed by atoms with E-state index in [1.54, 1.807) is 6.92 Å². The van der Waals surface area contributed by atoms with Gasteiger partial charge in [-0.1, -0.05) is 30.0 Å². The first-order chi connectivity index (χ1) is 7.13. The quantitative estimate of drug-likeness (QED) is 0.626. The molecule has 0 aromatic carbocycles. The summed E-state index contributed by atoms with van der Waals surface area (Å²) >= 11 is 2.79. The smallest absolute Gasteiger partial charge is 0.309 e. The lowest BCUT2D eigenvalue weighted by atomic mass is 10.2. The Kier molecular flexibility index (Phi) is 4.83. The van der Waals surface area contributed by atoms with Gasteiger partial charge in [0.1, 0.15) is 0 Å². The van der Waals surface area contributed by atoms with Crippen LogP contribution < -0.4 is 5.73 Å². The summed E-state index contributed by atoms with van der Waals surface area (Å²) in [6, 6.07) is 0. The number of aromatic nitrogens is 2. The molecule has 0 radical (unpaired) electrons. The van der Waals surface area contributed by atoms with Crippen LogP contribution in [0.2, 0.25) is 0 Å². The first-order valence-corrected chi connectivity index (χ1v) is 6.32. The van der Waals surface area contributed by atoms with E-state index >= 15 is 0 Å². The Balaban J connectivity index is 2.33. The number of esters is 1. The summed E-state index contributed by atoms with van der Waals surface area (Å²) in [5.74, 6) is 0.315. The van der Waals surface area contributed by atoms with Crippen molar-refractivity contribution in [2.45, 2.75) is 18.2 Å². The van der Waals surface area contributed by atoms with Crippen molar-refractivity contribution in [3.63, 3.8) is 0 Å². The first kappa shape index (κ1) is 12.3. The predicted octanol–water partition coefficient (Wildman–Crippen LogP) is 1.41. The molecule has 1 aromatic rings. The van der Waals surface area contributed by atoms with Crippen LogP contribution in [0.15, 0.2) is 4.34 Å². The Morgan fingerprint density at radius 3 is 2.93 bits per heavy atom. The fraction of sp³-hybridized carbons (Fsp3) is 0.625. The second-order valence-electron chi connectivity index (χ2n) is 2.87. The first-order valence-electron chi connectivity index (χ1n) is 4.52. The monoisotopic (exact) mass is 247 g/mol. The molecule has 0 aliphatic carbocycles. The highest BCUT2D eigenvalue weighted by Gasteiger charge is 2.15. The zero-order chi connectivity index (χ0) is 11.3. The van der Waals surface area contributed by atoms with Crippen LogP contribution in [0, 0.1) is 5.92 Å². The zero-order valence-electron chi connectivity index (χ0n) is 8.60. The number of carbonyl (C=O) groups is 1. The molecule has 0 spiro atoms. The number of carbonyl (C=O) groups excluding carboxylic acids is 1. The van der Waals surface area contributed by atoms with Crippen molar-refractivity contribution in [1.82, 2.24) is 10.2 Å². The van der Waals surface area contributed by atoms with E-state index in [1.807, 2.05) is 6.92 Å². The summed E-state index contributed by atoms with van der Waals surface area (Å²) in [4.78, 5) is 11.3. The minimum absolute atomic E-state index is 0.139. The van der Waals surface area contributed by atoms with Gasteiger partial charge in [0.25, 0.3) is 0 Å². The Morgan fingerprint density at radius 1 is 1.67 bits per heavy atom. The van der Waals surface area contributed by atoms with E-state index in [0.717, 1.165) is 4.34 Å². The number of nitrogens with two attached hydrogens (primary N) is 1. The fourth-order valence-corrected chi connectivity index (χ4v) is 2.49. The van der Waals surface area contributed by atoms with Crippen molar-refractivity contribution in [2.75, 3.05) is 18.1 Å². The fourth-order valence-electron chi connectivity index (χ4n) is 0.828. The third kappa shape index (κ3) is 4.05. The molecular weight excluding hydrogens is 234 g/mol. The highest BCUT2D eigenvalue weighted by Crippen LogP contribution is 2.25.